The summed E-state index contributed by atoms with van der Waals surface area (Å²) in [7, 11) is 1.74. The number of hydrogen-bond acceptors (Lipinski definition) is 6. The summed E-state index contributed by atoms with van der Waals surface area (Å²) in [5.41, 5.74) is 2.31. The topological polar surface area (TPSA) is 89.8 Å². The normalized spacial score (nSPS) is 21.0. The molecule has 3 heterocycles. The van der Waals surface area contributed by atoms with E-state index in [1.54, 1.807) is 36.3 Å². The minimum absolute atomic E-state index is 0.0998. The summed E-state index contributed by atoms with van der Waals surface area (Å²) in [5.74, 6) is 0.569. The fraction of sp³-hybridized carbons (Fsp3) is 0.412. The van der Waals surface area contributed by atoms with Gasteiger partial charge in [-0.1, -0.05) is 35.9 Å². The van der Waals surface area contributed by atoms with Crippen LogP contribution in [0.4, 0.5) is 15.0 Å². The highest BCUT2D eigenvalue weighted by Gasteiger charge is 2.44. The van der Waals surface area contributed by atoms with Gasteiger partial charge in [-0.05, 0) is 73.2 Å². The molecule has 2 aromatic carbocycles. The Morgan fingerprint density at radius 3 is 2.34 bits per heavy atom. The molecule has 0 N–H and O–H groups in total. The maximum absolute atomic E-state index is 13.9. The highest BCUT2D eigenvalue weighted by Crippen LogP contribution is 2.44. The summed E-state index contributed by atoms with van der Waals surface area (Å²) < 4.78 is 19.6. The Morgan fingerprint density at radius 1 is 1.02 bits per heavy atom. The number of nitriles is 1. The van der Waals surface area contributed by atoms with E-state index in [0.29, 0.717) is 49.6 Å². The highest BCUT2D eigenvalue weighted by molar-refractivity contribution is 6.30. The van der Waals surface area contributed by atoms with Crippen molar-refractivity contribution in [1.29, 1.82) is 5.26 Å². The molecule has 1 aliphatic carbocycles. The lowest BCUT2D eigenvalue weighted by Gasteiger charge is -2.34. The van der Waals surface area contributed by atoms with Crippen LogP contribution in [0.15, 0.2) is 66.9 Å². The van der Waals surface area contributed by atoms with Crippen molar-refractivity contribution in [3.05, 3.63) is 94.4 Å². The van der Waals surface area contributed by atoms with E-state index < -0.39 is 12.2 Å². The third kappa shape index (κ3) is 6.51. The average Bonchev–Trinajstić information content (AvgIpc) is 3.81. The van der Waals surface area contributed by atoms with E-state index in [9.17, 15) is 14.0 Å². The Kier molecular flexibility index (Phi) is 8.72. The summed E-state index contributed by atoms with van der Waals surface area (Å²) in [6, 6.07) is 19.1. The lowest BCUT2D eigenvalue weighted by Crippen LogP contribution is -2.45. The van der Waals surface area contributed by atoms with Gasteiger partial charge in [0, 0.05) is 62.2 Å². The van der Waals surface area contributed by atoms with E-state index in [0.717, 1.165) is 29.8 Å². The Balaban J connectivity index is 1.15. The Hall–Kier alpha value is -4.16. The summed E-state index contributed by atoms with van der Waals surface area (Å²) in [6.45, 7) is 2.29. The SMILES string of the molecule is CN(C(=O)OC(c1ccc(F)cc1)C1CC1)[C@@H]1CN(C(=O)C2CCN(c3ccc(C#N)cn3)CC2)CC1c1ccc(Cl)cc1. The second kappa shape index (κ2) is 12.8. The molecule has 2 aliphatic heterocycles. The maximum Gasteiger partial charge on any atom is 0.410 e. The first-order valence-electron chi connectivity index (χ1n) is 15.1. The lowest BCUT2D eigenvalue weighted by atomic mass is 9.93. The fourth-order valence-electron chi connectivity index (χ4n) is 6.46. The Bertz CT molecular complexity index is 1520. The van der Waals surface area contributed by atoms with Crippen LogP contribution in [0.3, 0.4) is 0 Å². The van der Waals surface area contributed by atoms with E-state index in [1.165, 1.54) is 12.1 Å². The third-order valence-corrected chi connectivity index (χ3v) is 9.46. The van der Waals surface area contributed by atoms with Gasteiger partial charge in [-0.25, -0.2) is 14.2 Å². The number of ether oxygens (including phenoxy) is 1. The van der Waals surface area contributed by atoms with Gasteiger partial charge in [-0.3, -0.25) is 4.79 Å². The molecule has 3 aliphatic rings. The molecule has 3 atom stereocenters. The van der Waals surface area contributed by atoms with Gasteiger partial charge in [0.15, 0.2) is 0 Å². The van der Waals surface area contributed by atoms with Crippen molar-refractivity contribution in [2.75, 3.05) is 38.1 Å². The van der Waals surface area contributed by atoms with Crippen LogP contribution in [0.2, 0.25) is 5.02 Å². The zero-order valence-corrected chi connectivity index (χ0v) is 25.4. The number of hydrogen-bond donors (Lipinski definition) is 0. The molecule has 8 nitrogen and oxygen atoms in total. The smallest absolute Gasteiger partial charge is 0.410 e. The van der Waals surface area contributed by atoms with Crippen molar-refractivity contribution < 1.29 is 18.7 Å². The molecule has 0 bridgehead atoms. The second-order valence-corrected chi connectivity index (χ2v) is 12.5. The van der Waals surface area contributed by atoms with Gasteiger partial charge in [-0.2, -0.15) is 5.26 Å². The molecule has 6 rings (SSSR count). The van der Waals surface area contributed by atoms with Crippen LogP contribution in [0.5, 0.6) is 0 Å². The third-order valence-electron chi connectivity index (χ3n) is 9.21. The number of halogens is 2. The monoisotopic (exact) mass is 615 g/mol. The molecular formula is C34H35ClFN5O3. The molecule has 2 unspecified atom stereocenters. The van der Waals surface area contributed by atoms with Crippen molar-refractivity contribution in [2.24, 2.45) is 11.8 Å². The number of carbonyl (C=O) groups excluding carboxylic acids is 2. The number of likely N-dealkylation sites (N-methyl/N-ethyl adjacent to an activating group) is 1. The fourth-order valence-corrected chi connectivity index (χ4v) is 6.59. The van der Waals surface area contributed by atoms with E-state index in [4.69, 9.17) is 21.6 Å². The first-order valence-corrected chi connectivity index (χ1v) is 15.5. The average molecular weight is 616 g/mol. The number of likely N-dealkylation sites (tertiary alicyclic amines) is 1. The molecule has 3 fully saturated rings. The van der Waals surface area contributed by atoms with Crippen LogP contribution < -0.4 is 4.90 Å². The number of benzene rings is 2. The zero-order valence-electron chi connectivity index (χ0n) is 24.6. The predicted molar refractivity (Wildman–Crippen MR) is 165 cm³/mol. The number of piperidine rings is 1. The van der Waals surface area contributed by atoms with Gasteiger partial charge >= 0.3 is 6.09 Å². The van der Waals surface area contributed by atoms with Gasteiger partial charge in [-0.15, -0.1) is 0 Å². The molecule has 2 saturated heterocycles. The second-order valence-electron chi connectivity index (χ2n) is 12.1. The maximum atomic E-state index is 13.9. The Labute approximate surface area is 262 Å². The van der Waals surface area contributed by atoms with Crippen LogP contribution in [0, 0.1) is 29.0 Å². The van der Waals surface area contributed by atoms with Crippen molar-refractivity contribution in [1.82, 2.24) is 14.8 Å². The van der Waals surface area contributed by atoms with Crippen molar-refractivity contribution in [2.45, 2.75) is 43.7 Å². The number of amides is 2. The number of aromatic nitrogens is 1. The molecule has 10 heteroatoms. The molecule has 1 aromatic heterocycles. The highest BCUT2D eigenvalue weighted by atomic mass is 35.5. The summed E-state index contributed by atoms with van der Waals surface area (Å²) >= 11 is 6.19. The number of nitrogens with zero attached hydrogens (tertiary/aromatic N) is 5. The minimum atomic E-state index is -0.451. The van der Waals surface area contributed by atoms with E-state index >= 15 is 0 Å². The van der Waals surface area contributed by atoms with E-state index in [1.807, 2.05) is 35.2 Å². The summed E-state index contributed by atoms with van der Waals surface area (Å²) in [5, 5.41) is 9.68. The predicted octanol–water partition coefficient (Wildman–Crippen LogP) is 6.18. The number of anilines is 1. The number of pyridine rings is 1. The molecule has 0 spiro atoms. The van der Waals surface area contributed by atoms with Crippen molar-refractivity contribution >= 4 is 29.4 Å². The van der Waals surface area contributed by atoms with E-state index in [2.05, 4.69) is 16.0 Å². The van der Waals surface area contributed by atoms with Crippen LogP contribution in [-0.4, -0.2) is 66.1 Å². The molecule has 44 heavy (non-hydrogen) atoms. The van der Waals surface area contributed by atoms with Crippen LogP contribution in [0.1, 0.15) is 54.4 Å². The number of carbonyl (C=O) groups is 2. The molecule has 0 radical (unpaired) electrons. The quantitative estimate of drug-likeness (QED) is 0.315. The number of rotatable bonds is 7. The lowest BCUT2D eigenvalue weighted by molar-refractivity contribution is -0.135. The minimum Gasteiger partial charge on any atom is -0.441 e. The largest absolute Gasteiger partial charge is 0.441 e. The van der Waals surface area contributed by atoms with Crippen LogP contribution in [0.25, 0.3) is 0 Å². The van der Waals surface area contributed by atoms with E-state index in [-0.39, 0.29) is 35.5 Å². The Morgan fingerprint density at radius 2 is 1.73 bits per heavy atom. The van der Waals surface area contributed by atoms with Gasteiger partial charge in [0.2, 0.25) is 5.91 Å². The van der Waals surface area contributed by atoms with Crippen molar-refractivity contribution in [3.8, 4) is 6.07 Å². The zero-order chi connectivity index (χ0) is 30.8. The van der Waals surface area contributed by atoms with Gasteiger partial charge in [0.1, 0.15) is 23.8 Å². The van der Waals surface area contributed by atoms with Gasteiger partial charge in [0.25, 0.3) is 0 Å². The molecule has 2 amide bonds. The molecule has 1 saturated carbocycles. The van der Waals surface area contributed by atoms with Crippen molar-refractivity contribution in [3.63, 3.8) is 0 Å². The standard InChI is InChI=1S/C34H35ClFN5O3/c1-39(34(43)44-32(24-3-4-24)25-7-11-28(36)12-8-25)30-21-41(20-29(30)23-5-9-27(35)10-6-23)33(42)26-14-16-40(17-15-26)31-13-2-22(18-37)19-38-31/h2,5-13,19,24,26,29-30,32H,3-4,14-17,20-21H2,1H3/t29?,30-,32?/m1/s1. The molecule has 228 valence electrons. The summed E-state index contributed by atoms with van der Waals surface area (Å²) in [4.78, 5) is 37.5. The van der Waals surface area contributed by atoms with Crippen LogP contribution >= 0.6 is 11.6 Å². The van der Waals surface area contributed by atoms with Crippen LogP contribution in [-0.2, 0) is 9.53 Å². The first kappa shape index (κ1) is 29.9. The summed E-state index contributed by atoms with van der Waals surface area (Å²) in [6.07, 6.45) is 4.00. The molecule has 3 aromatic rings. The molecular weight excluding hydrogens is 581 g/mol. The van der Waals surface area contributed by atoms with Gasteiger partial charge < -0.3 is 19.4 Å². The first-order chi connectivity index (χ1) is 21.3. The van der Waals surface area contributed by atoms with Gasteiger partial charge in [0.05, 0.1) is 11.6 Å².